The van der Waals surface area contributed by atoms with Crippen molar-refractivity contribution < 1.29 is 4.74 Å². The van der Waals surface area contributed by atoms with Crippen LogP contribution in [0.3, 0.4) is 0 Å². The zero-order valence-electron chi connectivity index (χ0n) is 11.7. The highest BCUT2D eigenvalue weighted by Crippen LogP contribution is 2.34. The molecular formula is C16H17N3OS. The van der Waals surface area contributed by atoms with Gasteiger partial charge in [-0.2, -0.15) is 0 Å². The molecule has 0 fully saturated rings. The molecule has 0 saturated carbocycles. The van der Waals surface area contributed by atoms with E-state index in [4.69, 9.17) is 15.5 Å². The number of benzene rings is 1. The van der Waals surface area contributed by atoms with E-state index in [2.05, 4.69) is 11.1 Å². The molecule has 4 nitrogen and oxygen atoms in total. The fourth-order valence-corrected chi connectivity index (χ4v) is 3.07. The van der Waals surface area contributed by atoms with Crippen LogP contribution in [-0.4, -0.2) is 23.1 Å². The van der Waals surface area contributed by atoms with Crippen molar-refractivity contribution in [2.24, 2.45) is 5.73 Å². The van der Waals surface area contributed by atoms with Crippen molar-refractivity contribution >= 4 is 21.6 Å². The van der Waals surface area contributed by atoms with Crippen LogP contribution < -0.4 is 10.5 Å². The normalized spacial score (nSPS) is 10.9. The number of pyridine rings is 1. The monoisotopic (exact) mass is 299 g/mol. The molecule has 21 heavy (non-hydrogen) atoms. The minimum absolute atomic E-state index is 0.679. The average Bonchev–Trinajstić information content (AvgIpc) is 2.97. The largest absolute Gasteiger partial charge is 0.491 e. The molecule has 108 valence electrons. The fraction of sp³-hybridized carbons (Fsp3) is 0.250. The van der Waals surface area contributed by atoms with Crippen molar-refractivity contribution in [1.82, 2.24) is 9.97 Å². The third-order valence-electron chi connectivity index (χ3n) is 3.17. The molecule has 0 atom stereocenters. The zero-order valence-corrected chi connectivity index (χ0v) is 12.5. The molecule has 5 heteroatoms. The molecule has 2 heterocycles. The lowest BCUT2D eigenvalue weighted by Gasteiger charge is -2.05. The Morgan fingerprint density at radius 2 is 1.95 bits per heavy atom. The Hall–Kier alpha value is -1.98. The number of nitrogens with two attached hydrogens (primary N) is 1. The van der Waals surface area contributed by atoms with Gasteiger partial charge in [0.2, 0.25) is 0 Å². The highest BCUT2D eigenvalue weighted by atomic mass is 32.1. The predicted octanol–water partition coefficient (Wildman–Crippen LogP) is 3.48. The van der Waals surface area contributed by atoms with E-state index in [0.717, 1.165) is 39.4 Å². The summed E-state index contributed by atoms with van der Waals surface area (Å²) in [4.78, 5) is 8.77. The van der Waals surface area contributed by atoms with Gasteiger partial charge in [0, 0.05) is 18.0 Å². The Labute approximate surface area is 127 Å². The van der Waals surface area contributed by atoms with Crippen LogP contribution in [0.4, 0.5) is 0 Å². The van der Waals surface area contributed by atoms with Crippen LogP contribution >= 0.6 is 11.3 Å². The third-order valence-corrected chi connectivity index (χ3v) is 4.23. The minimum atomic E-state index is 0.679. The van der Waals surface area contributed by atoms with E-state index in [-0.39, 0.29) is 0 Å². The molecule has 0 aliphatic carbocycles. The number of fused-ring (bicyclic) bond motifs is 1. The van der Waals surface area contributed by atoms with Crippen molar-refractivity contribution in [1.29, 1.82) is 0 Å². The van der Waals surface area contributed by atoms with Gasteiger partial charge in [-0.3, -0.25) is 4.98 Å². The van der Waals surface area contributed by atoms with E-state index >= 15 is 0 Å². The Kier molecular flexibility index (Phi) is 4.43. The van der Waals surface area contributed by atoms with Crippen LogP contribution in [0.25, 0.3) is 20.8 Å². The number of thiazole rings is 1. The summed E-state index contributed by atoms with van der Waals surface area (Å²) in [6.45, 7) is 1.38. The Balaban J connectivity index is 1.87. The van der Waals surface area contributed by atoms with Gasteiger partial charge < -0.3 is 10.5 Å². The van der Waals surface area contributed by atoms with Crippen molar-refractivity contribution in [3.63, 3.8) is 0 Å². The number of hydrogen-bond donors (Lipinski definition) is 1. The molecule has 0 amide bonds. The van der Waals surface area contributed by atoms with Crippen LogP contribution in [0.1, 0.15) is 12.8 Å². The van der Waals surface area contributed by atoms with Crippen LogP contribution in [0.15, 0.2) is 42.7 Å². The molecule has 0 unspecified atom stereocenters. The van der Waals surface area contributed by atoms with Crippen LogP contribution in [0.2, 0.25) is 0 Å². The van der Waals surface area contributed by atoms with Gasteiger partial charge in [-0.1, -0.05) is 6.07 Å². The van der Waals surface area contributed by atoms with E-state index in [9.17, 15) is 0 Å². The second-order valence-electron chi connectivity index (χ2n) is 4.70. The number of para-hydroxylation sites is 1. The first kappa shape index (κ1) is 14.0. The molecule has 0 aliphatic rings. The number of aromatic nitrogens is 2. The molecular weight excluding hydrogens is 282 g/mol. The van der Waals surface area contributed by atoms with Gasteiger partial charge in [-0.05, 0) is 43.7 Å². The van der Waals surface area contributed by atoms with Crippen molar-refractivity contribution in [2.75, 3.05) is 13.2 Å². The standard InChI is InChI=1S/C16H17N3OS/c17-8-1-2-11-20-13-4-3-5-14-15(13)19-16(21-14)12-6-9-18-10-7-12/h3-7,9-10H,1-2,8,11,17H2. The second kappa shape index (κ2) is 6.65. The van der Waals surface area contributed by atoms with Gasteiger partial charge in [0.15, 0.2) is 0 Å². The maximum Gasteiger partial charge on any atom is 0.146 e. The summed E-state index contributed by atoms with van der Waals surface area (Å²) in [5, 5.41) is 0.991. The first-order valence-corrected chi connectivity index (χ1v) is 7.83. The van der Waals surface area contributed by atoms with Gasteiger partial charge in [0.1, 0.15) is 16.3 Å². The minimum Gasteiger partial charge on any atom is -0.491 e. The number of unbranched alkanes of at least 4 members (excludes halogenated alkanes) is 1. The molecule has 3 rings (SSSR count). The molecule has 0 aliphatic heterocycles. The van der Waals surface area contributed by atoms with Crippen LogP contribution in [0.5, 0.6) is 5.75 Å². The highest BCUT2D eigenvalue weighted by Gasteiger charge is 2.10. The summed E-state index contributed by atoms with van der Waals surface area (Å²) >= 11 is 1.67. The van der Waals surface area contributed by atoms with Crippen molar-refractivity contribution in [3.05, 3.63) is 42.7 Å². The van der Waals surface area contributed by atoms with Gasteiger partial charge in [0.05, 0.1) is 11.3 Å². The number of hydrogen-bond acceptors (Lipinski definition) is 5. The predicted molar refractivity (Wildman–Crippen MR) is 86.6 cm³/mol. The average molecular weight is 299 g/mol. The number of rotatable bonds is 6. The van der Waals surface area contributed by atoms with E-state index < -0.39 is 0 Å². The number of nitrogens with zero attached hydrogens (tertiary/aromatic N) is 2. The molecule has 0 spiro atoms. The number of ether oxygens (including phenoxy) is 1. The van der Waals surface area contributed by atoms with Gasteiger partial charge in [0.25, 0.3) is 0 Å². The quantitative estimate of drug-likeness (QED) is 0.708. The maximum absolute atomic E-state index is 5.85. The Morgan fingerprint density at radius 1 is 1.10 bits per heavy atom. The fourth-order valence-electron chi connectivity index (χ4n) is 2.09. The van der Waals surface area contributed by atoms with Gasteiger partial charge in [-0.25, -0.2) is 4.98 Å². The molecule has 0 radical (unpaired) electrons. The Morgan fingerprint density at radius 3 is 2.76 bits per heavy atom. The highest BCUT2D eigenvalue weighted by molar-refractivity contribution is 7.21. The molecule has 1 aromatic carbocycles. The lowest BCUT2D eigenvalue weighted by molar-refractivity contribution is 0.311. The molecule has 2 aromatic heterocycles. The smallest absolute Gasteiger partial charge is 0.146 e. The molecule has 0 saturated heterocycles. The lowest BCUT2D eigenvalue weighted by atomic mass is 10.3. The summed E-state index contributed by atoms with van der Waals surface area (Å²) in [7, 11) is 0. The third kappa shape index (κ3) is 3.20. The summed E-state index contributed by atoms with van der Waals surface area (Å²) in [5.41, 5.74) is 7.51. The summed E-state index contributed by atoms with van der Waals surface area (Å²) in [6, 6.07) is 10.00. The lowest BCUT2D eigenvalue weighted by Crippen LogP contribution is -2.03. The van der Waals surface area contributed by atoms with E-state index in [1.165, 1.54) is 0 Å². The van der Waals surface area contributed by atoms with E-state index in [1.807, 2.05) is 24.3 Å². The van der Waals surface area contributed by atoms with Crippen LogP contribution in [0, 0.1) is 0 Å². The van der Waals surface area contributed by atoms with Crippen molar-refractivity contribution in [2.45, 2.75) is 12.8 Å². The summed E-state index contributed by atoms with van der Waals surface area (Å²) in [6.07, 6.45) is 5.51. The second-order valence-corrected chi connectivity index (χ2v) is 5.73. The first-order chi connectivity index (χ1) is 10.4. The molecule has 0 bridgehead atoms. The van der Waals surface area contributed by atoms with Gasteiger partial charge >= 0.3 is 0 Å². The van der Waals surface area contributed by atoms with E-state index in [1.54, 1.807) is 23.7 Å². The molecule has 3 aromatic rings. The summed E-state index contributed by atoms with van der Waals surface area (Å²) in [5.74, 6) is 0.848. The Bertz CT molecular complexity index is 712. The topological polar surface area (TPSA) is 61.0 Å². The SMILES string of the molecule is NCCCCOc1cccc2sc(-c3ccncc3)nc12. The maximum atomic E-state index is 5.85. The van der Waals surface area contributed by atoms with E-state index in [0.29, 0.717) is 13.2 Å². The first-order valence-electron chi connectivity index (χ1n) is 7.01. The zero-order chi connectivity index (χ0) is 14.5. The van der Waals surface area contributed by atoms with Gasteiger partial charge in [-0.15, -0.1) is 11.3 Å². The summed E-state index contributed by atoms with van der Waals surface area (Å²) < 4.78 is 6.98. The van der Waals surface area contributed by atoms with Crippen LogP contribution in [-0.2, 0) is 0 Å². The molecule has 2 N–H and O–H groups in total. The van der Waals surface area contributed by atoms with Crippen molar-refractivity contribution in [3.8, 4) is 16.3 Å².